The molecule has 0 saturated heterocycles. The zero-order valence-corrected chi connectivity index (χ0v) is 13.1. The molecule has 0 atom stereocenters. The topological polar surface area (TPSA) is 28.2 Å². The number of hydrogen-bond acceptors (Lipinski definition) is 3. The molecule has 0 bridgehead atoms. The maximum Gasteiger partial charge on any atom is 0.137 e. The first-order valence-electron chi connectivity index (χ1n) is 7.20. The number of nitrogens with one attached hydrogen (secondary N) is 1. The van der Waals surface area contributed by atoms with Crippen molar-refractivity contribution in [2.75, 3.05) is 18.5 Å². The van der Waals surface area contributed by atoms with Crippen molar-refractivity contribution in [2.45, 2.75) is 27.3 Å². The molecule has 0 saturated carbocycles. The molecule has 0 aliphatic rings. The second kappa shape index (κ2) is 6.68. The third kappa shape index (κ3) is 3.58. The van der Waals surface area contributed by atoms with E-state index in [1.54, 1.807) is 12.1 Å². The summed E-state index contributed by atoms with van der Waals surface area (Å²) in [6.07, 6.45) is 0. The highest BCUT2D eigenvalue weighted by atomic mass is 19.1. The van der Waals surface area contributed by atoms with Crippen molar-refractivity contribution < 1.29 is 4.39 Å². The van der Waals surface area contributed by atoms with Crippen LogP contribution < -0.4 is 10.2 Å². The number of aromatic nitrogens is 1. The van der Waals surface area contributed by atoms with Crippen LogP contribution in [0.3, 0.4) is 0 Å². The van der Waals surface area contributed by atoms with Crippen LogP contribution in [0.4, 0.5) is 15.9 Å². The lowest BCUT2D eigenvalue weighted by molar-refractivity contribution is 0.628. The van der Waals surface area contributed by atoms with Gasteiger partial charge in [-0.05, 0) is 56.3 Å². The second-order valence-electron chi connectivity index (χ2n) is 5.20. The molecule has 1 aromatic heterocycles. The van der Waals surface area contributed by atoms with Gasteiger partial charge in [0.15, 0.2) is 0 Å². The fourth-order valence-electron chi connectivity index (χ4n) is 2.38. The van der Waals surface area contributed by atoms with E-state index < -0.39 is 0 Å². The Morgan fingerprint density at radius 2 is 1.86 bits per heavy atom. The Hall–Kier alpha value is -1.94. The Morgan fingerprint density at radius 1 is 1.19 bits per heavy atom. The largest absolute Gasteiger partial charge is 0.329 e. The van der Waals surface area contributed by atoms with Crippen LogP contribution in [0, 0.1) is 19.7 Å². The average molecular weight is 287 g/mol. The highest BCUT2D eigenvalue weighted by Gasteiger charge is 2.14. The van der Waals surface area contributed by atoms with Crippen molar-refractivity contribution in [3.63, 3.8) is 0 Å². The highest BCUT2D eigenvalue weighted by Crippen LogP contribution is 2.28. The van der Waals surface area contributed by atoms with Gasteiger partial charge in [0.2, 0.25) is 0 Å². The Labute approximate surface area is 125 Å². The summed E-state index contributed by atoms with van der Waals surface area (Å²) in [5.74, 6) is 0.688. The van der Waals surface area contributed by atoms with Crippen molar-refractivity contribution in [1.29, 1.82) is 0 Å². The van der Waals surface area contributed by atoms with Gasteiger partial charge in [0, 0.05) is 30.5 Å². The van der Waals surface area contributed by atoms with Gasteiger partial charge >= 0.3 is 0 Å². The summed E-state index contributed by atoms with van der Waals surface area (Å²) in [7, 11) is 1.96. The monoisotopic (exact) mass is 287 g/mol. The van der Waals surface area contributed by atoms with Gasteiger partial charge in [0.25, 0.3) is 0 Å². The van der Waals surface area contributed by atoms with E-state index in [2.05, 4.69) is 30.2 Å². The Morgan fingerprint density at radius 3 is 2.48 bits per heavy atom. The summed E-state index contributed by atoms with van der Waals surface area (Å²) in [5.41, 5.74) is 4.30. The molecule has 21 heavy (non-hydrogen) atoms. The smallest absolute Gasteiger partial charge is 0.137 e. The lowest BCUT2D eigenvalue weighted by Crippen LogP contribution is -2.20. The standard InChI is InChI=1S/C17H22FN3/c1-5-19-11-16-12(2)10-13(3)20-17(16)21(4)15-8-6-14(18)7-9-15/h6-10,19H,5,11H2,1-4H3. The van der Waals surface area contributed by atoms with Crippen LogP contribution in [0.1, 0.15) is 23.7 Å². The Bertz CT molecular complexity index is 608. The summed E-state index contributed by atoms with van der Waals surface area (Å²) in [5, 5.41) is 3.35. The molecule has 0 unspecified atom stereocenters. The zero-order chi connectivity index (χ0) is 15.4. The van der Waals surface area contributed by atoms with Crippen LogP contribution in [0.2, 0.25) is 0 Å². The van der Waals surface area contributed by atoms with E-state index in [9.17, 15) is 4.39 Å². The van der Waals surface area contributed by atoms with Gasteiger partial charge in [-0.1, -0.05) is 6.92 Å². The van der Waals surface area contributed by atoms with Gasteiger partial charge in [-0.25, -0.2) is 9.37 Å². The fraction of sp³-hybridized carbons (Fsp3) is 0.353. The summed E-state index contributed by atoms with van der Waals surface area (Å²) in [4.78, 5) is 6.68. The minimum absolute atomic E-state index is 0.228. The minimum Gasteiger partial charge on any atom is -0.329 e. The summed E-state index contributed by atoms with van der Waals surface area (Å²) >= 11 is 0. The third-order valence-corrected chi connectivity index (χ3v) is 3.54. The molecule has 112 valence electrons. The molecule has 0 fully saturated rings. The normalized spacial score (nSPS) is 10.7. The Kier molecular flexibility index (Phi) is 4.91. The van der Waals surface area contributed by atoms with Gasteiger partial charge in [0.1, 0.15) is 11.6 Å². The van der Waals surface area contributed by atoms with E-state index in [0.717, 1.165) is 30.3 Å². The summed E-state index contributed by atoms with van der Waals surface area (Å²) < 4.78 is 13.1. The third-order valence-electron chi connectivity index (χ3n) is 3.54. The van der Waals surface area contributed by atoms with Gasteiger partial charge in [0.05, 0.1) is 0 Å². The molecule has 0 amide bonds. The van der Waals surface area contributed by atoms with Crippen molar-refractivity contribution >= 4 is 11.5 Å². The molecule has 0 spiro atoms. The molecule has 0 radical (unpaired) electrons. The number of halogens is 1. The molecular formula is C17H22FN3. The van der Waals surface area contributed by atoms with Crippen molar-refractivity contribution in [2.24, 2.45) is 0 Å². The first-order valence-corrected chi connectivity index (χ1v) is 7.20. The van der Waals surface area contributed by atoms with Gasteiger partial charge in [-0.3, -0.25) is 0 Å². The lowest BCUT2D eigenvalue weighted by Gasteiger charge is -2.23. The highest BCUT2D eigenvalue weighted by molar-refractivity contribution is 5.63. The average Bonchev–Trinajstić information content (AvgIpc) is 2.46. The number of anilines is 2. The molecule has 1 aromatic carbocycles. The second-order valence-corrected chi connectivity index (χ2v) is 5.20. The predicted octanol–water partition coefficient (Wildman–Crippen LogP) is 3.71. The maximum absolute atomic E-state index is 13.1. The number of hydrogen-bond donors (Lipinski definition) is 1. The van der Waals surface area contributed by atoms with Gasteiger partial charge in [-0.2, -0.15) is 0 Å². The lowest BCUT2D eigenvalue weighted by atomic mass is 10.1. The number of pyridine rings is 1. The molecule has 1 heterocycles. The van der Waals surface area contributed by atoms with E-state index in [-0.39, 0.29) is 5.82 Å². The number of benzene rings is 1. The predicted molar refractivity (Wildman–Crippen MR) is 85.6 cm³/mol. The number of rotatable bonds is 5. The zero-order valence-electron chi connectivity index (χ0n) is 13.1. The molecule has 1 N–H and O–H groups in total. The van der Waals surface area contributed by atoms with Gasteiger partial charge < -0.3 is 10.2 Å². The molecular weight excluding hydrogens is 265 g/mol. The summed E-state index contributed by atoms with van der Waals surface area (Å²) in [6, 6.07) is 8.57. The van der Waals surface area contributed by atoms with E-state index >= 15 is 0 Å². The van der Waals surface area contributed by atoms with E-state index in [1.807, 2.05) is 18.9 Å². The van der Waals surface area contributed by atoms with Crippen LogP contribution >= 0.6 is 0 Å². The summed E-state index contributed by atoms with van der Waals surface area (Å²) in [6.45, 7) is 7.86. The molecule has 2 aromatic rings. The van der Waals surface area contributed by atoms with E-state index in [0.29, 0.717) is 0 Å². The molecule has 4 heteroatoms. The maximum atomic E-state index is 13.1. The van der Waals surface area contributed by atoms with E-state index in [1.165, 1.54) is 23.3 Å². The number of aryl methyl sites for hydroxylation is 2. The van der Waals surface area contributed by atoms with Crippen molar-refractivity contribution in [3.8, 4) is 0 Å². The van der Waals surface area contributed by atoms with Crippen LogP contribution in [-0.4, -0.2) is 18.6 Å². The Balaban J connectivity index is 2.43. The fourth-order valence-corrected chi connectivity index (χ4v) is 2.38. The van der Waals surface area contributed by atoms with E-state index in [4.69, 9.17) is 0 Å². The number of nitrogens with zero attached hydrogens (tertiary/aromatic N) is 2. The van der Waals surface area contributed by atoms with Crippen LogP contribution in [0.5, 0.6) is 0 Å². The van der Waals surface area contributed by atoms with Crippen LogP contribution in [0.25, 0.3) is 0 Å². The van der Waals surface area contributed by atoms with Crippen LogP contribution in [0.15, 0.2) is 30.3 Å². The SMILES string of the molecule is CCNCc1c(C)cc(C)nc1N(C)c1ccc(F)cc1. The van der Waals surface area contributed by atoms with Crippen molar-refractivity contribution in [1.82, 2.24) is 10.3 Å². The quantitative estimate of drug-likeness (QED) is 0.908. The van der Waals surface area contributed by atoms with Gasteiger partial charge in [-0.15, -0.1) is 0 Å². The molecule has 0 aliphatic heterocycles. The molecule has 2 rings (SSSR count). The first-order chi connectivity index (χ1) is 10.0. The minimum atomic E-state index is -0.228. The first kappa shape index (κ1) is 15.4. The van der Waals surface area contributed by atoms with Crippen molar-refractivity contribution in [3.05, 3.63) is 53.0 Å². The molecule has 0 aliphatic carbocycles. The van der Waals surface area contributed by atoms with Crippen LogP contribution in [-0.2, 0) is 6.54 Å². The molecule has 3 nitrogen and oxygen atoms in total.